The number of H-pyrrole nitrogens is 1. The van der Waals surface area contributed by atoms with Gasteiger partial charge in [-0.2, -0.15) is 4.31 Å². The predicted octanol–water partition coefficient (Wildman–Crippen LogP) is 1.43. The molecule has 108 valence electrons. The normalized spacial score (nSPS) is 12.0. The third kappa shape index (κ3) is 2.68. The van der Waals surface area contributed by atoms with Crippen molar-refractivity contribution in [2.45, 2.75) is 25.3 Å². The lowest BCUT2D eigenvalue weighted by Gasteiger charge is -2.18. The molecule has 0 aliphatic rings. The van der Waals surface area contributed by atoms with Crippen molar-refractivity contribution >= 4 is 15.7 Å². The van der Waals surface area contributed by atoms with E-state index in [0.29, 0.717) is 17.1 Å². The van der Waals surface area contributed by atoms with Crippen LogP contribution in [0.15, 0.2) is 29.4 Å². The molecule has 3 N–H and O–H groups in total. The fraction of sp³-hybridized carbons (Fsp3) is 0.308. The first-order chi connectivity index (χ1) is 9.32. The number of nitrogens with one attached hydrogen (secondary N) is 1. The van der Waals surface area contributed by atoms with Gasteiger partial charge in [0.2, 0.25) is 10.0 Å². The fourth-order valence-electron chi connectivity index (χ4n) is 1.97. The Bertz CT molecular complexity index is 708. The Kier molecular flexibility index (Phi) is 3.82. The lowest BCUT2D eigenvalue weighted by Crippen LogP contribution is -2.28. The van der Waals surface area contributed by atoms with Gasteiger partial charge in [-0.05, 0) is 37.1 Å². The van der Waals surface area contributed by atoms with Gasteiger partial charge in [0.1, 0.15) is 5.82 Å². The maximum absolute atomic E-state index is 12.6. The van der Waals surface area contributed by atoms with E-state index in [1.54, 1.807) is 31.5 Å². The Hall–Kier alpha value is -1.86. The Balaban J connectivity index is 2.40. The minimum atomic E-state index is -3.60. The number of nitrogens with two attached hydrogens (primary N) is 1. The maximum Gasteiger partial charge on any atom is 0.243 e. The first-order valence-corrected chi connectivity index (χ1v) is 7.57. The second-order valence-electron chi connectivity index (χ2n) is 4.77. The SMILES string of the molecule is Cc1cc(N)c(C)c(S(=O)(=O)N(C)Cc2ncc[nH]2)c1. The Labute approximate surface area is 118 Å². The van der Waals surface area contributed by atoms with Crippen molar-refractivity contribution in [1.82, 2.24) is 14.3 Å². The standard InChI is InChI=1S/C13H18N4O2S/c1-9-6-11(14)10(2)12(7-9)20(18,19)17(3)8-13-15-4-5-16-13/h4-7H,8,14H2,1-3H3,(H,15,16). The first-order valence-electron chi connectivity index (χ1n) is 6.13. The van der Waals surface area contributed by atoms with Crippen molar-refractivity contribution in [1.29, 1.82) is 0 Å². The Morgan fingerprint density at radius 2 is 2.05 bits per heavy atom. The zero-order valence-electron chi connectivity index (χ0n) is 11.7. The van der Waals surface area contributed by atoms with Gasteiger partial charge in [-0.1, -0.05) is 0 Å². The highest BCUT2D eigenvalue weighted by molar-refractivity contribution is 7.89. The number of hydrogen-bond acceptors (Lipinski definition) is 4. The molecule has 0 aliphatic heterocycles. The molecule has 2 aromatic rings. The number of benzene rings is 1. The molecule has 0 saturated heterocycles. The van der Waals surface area contributed by atoms with Crippen molar-refractivity contribution < 1.29 is 8.42 Å². The lowest BCUT2D eigenvalue weighted by molar-refractivity contribution is 0.457. The molecule has 1 aromatic heterocycles. The summed E-state index contributed by atoms with van der Waals surface area (Å²) in [5, 5.41) is 0. The monoisotopic (exact) mass is 294 g/mol. The van der Waals surface area contributed by atoms with Gasteiger partial charge in [0.25, 0.3) is 0 Å². The highest BCUT2D eigenvalue weighted by Gasteiger charge is 2.24. The van der Waals surface area contributed by atoms with Crippen molar-refractivity contribution in [3.8, 4) is 0 Å². The third-order valence-electron chi connectivity index (χ3n) is 3.16. The minimum absolute atomic E-state index is 0.183. The molecule has 0 spiro atoms. The number of sulfonamides is 1. The second-order valence-corrected chi connectivity index (χ2v) is 6.79. The van der Waals surface area contributed by atoms with Crippen molar-refractivity contribution in [2.75, 3.05) is 12.8 Å². The summed E-state index contributed by atoms with van der Waals surface area (Å²) in [6, 6.07) is 3.40. The number of hydrogen-bond donors (Lipinski definition) is 2. The molecule has 0 saturated carbocycles. The minimum Gasteiger partial charge on any atom is -0.398 e. The maximum atomic E-state index is 12.6. The lowest BCUT2D eigenvalue weighted by atomic mass is 10.1. The van der Waals surface area contributed by atoms with Crippen LogP contribution in [0.2, 0.25) is 0 Å². The summed E-state index contributed by atoms with van der Waals surface area (Å²) in [6.07, 6.45) is 3.25. The summed E-state index contributed by atoms with van der Waals surface area (Å²) >= 11 is 0. The van der Waals surface area contributed by atoms with Crippen LogP contribution in [0.5, 0.6) is 0 Å². The van der Waals surface area contributed by atoms with E-state index in [-0.39, 0.29) is 11.4 Å². The number of aryl methyl sites for hydroxylation is 1. The summed E-state index contributed by atoms with van der Waals surface area (Å²) in [7, 11) is -2.07. The van der Waals surface area contributed by atoms with Crippen LogP contribution >= 0.6 is 0 Å². The number of nitrogens with zero attached hydrogens (tertiary/aromatic N) is 2. The molecule has 0 aliphatic carbocycles. The fourth-order valence-corrected chi connectivity index (χ4v) is 3.44. The van der Waals surface area contributed by atoms with Gasteiger partial charge >= 0.3 is 0 Å². The van der Waals surface area contributed by atoms with E-state index in [2.05, 4.69) is 9.97 Å². The van der Waals surface area contributed by atoms with E-state index in [9.17, 15) is 8.42 Å². The molecule has 2 rings (SSSR count). The molecule has 0 amide bonds. The quantitative estimate of drug-likeness (QED) is 0.834. The number of aromatic nitrogens is 2. The van der Waals surface area contributed by atoms with Crippen LogP contribution in [-0.2, 0) is 16.6 Å². The molecule has 0 bridgehead atoms. The topological polar surface area (TPSA) is 92.1 Å². The highest BCUT2D eigenvalue weighted by atomic mass is 32.2. The van der Waals surface area contributed by atoms with E-state index in [1.807, 2.05) is 6.92 Å². The molecule has 1 aromatic carbocycles. The summed E-state index contributed by atoms with van der Waals surface area (Å²) in [5.41, 5.74) is 7.72. The average molecular weight is 294 g/mol. The summed E-state index contributed by atoms with van der Waals surface area (Å²) in [6.45, 7) is 3.71. The van der Waals surface area contributed by atoms with E-state index >= 15 is 0 Å². The number of rotatable bonds is 4. The van der Waals surface area contributed by atoms with Crippen molar-refractivity contribution in [3.63, 3.8) is 0 Å². The molecule has 7 heteroatoms. The molecule has 1 heterocycles. The van der Waals surface area contributed by atoms with Gasteiger partial charge in [-0.15, -0.1) is 0 Å². The smallest absolute Gasteiger partial charge is 0.243 e. The van der Waals surface area contributed by atoms with Gasteiger partial charge < -0.3 is 10.7 Å². The van der Waals surface area contributed by atoms with Gasteiger partial charge in [-0.3, -0.25) is 0 Å². The average Bonchev–Trinajstić information content (AvgIpc) is 2.86. The molecular weight excluding hydrogens is 276 g/mol. The Morgan fingerprint density at radius 3 is 2.65 bits per heavy atom. The second kappa shape index (κ2) is 5.26. The molecule has 0 radical (unpaired) electrons. The summed E-state index contributed by atoms with van der Waals surface area (Å²) in [4.78, 5) is 7.16. The zero-order valence-corrected chi connectivity index (χ0v) is 12.5. The van der Waals surface area contributed by atoms with Gasteiger partial charge in [0.05, 0.1) is 11.4 Å². The zero-order chi connectivity index (χ0) is 14.9. The largest absolute Gasteiger partial charge is 0.398 e. The van der Waals surface area contributed by atoms with Crippen LogP contribution in [0.4, 0.5) is 5.69 Å². The van der Waals surface area contributed by atoms with Crippen LogP contribution in [0.1, 0.15) is 17.0 Å². The van der Waals surface area contributed by atoms with E-state index < -0.39 is 10.0 Å². The number of anilines is 1. The number of nitrogen functional groups attached to an aromatic ring is 1. The molecule has 6 nitrogen and oxygen atoms in total. The van der Waals surface area contributed by atoms with Crippen LogP contribution in [0.25, 0.3) is 0 Å². The van der Waals surface area contributed by atoms with Crippen LogP contribution in [-0.4, -0.2) is 29.7 Å². The van der Waals surface area contributed by atoms with E-state index in [4.69, 9.17) is 5.73 Å². The van der Waals surface area contributed by atoms with Crippen molar-refractivity contribution in [3.05, 3.63) is 41.5 Å². The van der Waals surface area contributed by atoms with Crippen molar-refractivity contribution in [2.24, 2.45) is 0 Å². The predicted molar refractivity (Wildman–Crippen MR) is 77.6 cm³/mol. The van der Waals surface area contributed by atoms with E-state index in [0.717, 1.165) is 5.56 Å². The van der Waals surface area contributed by atoms with Crippen LogP contribution < -0.4 is 5.73 Å². The van der Waals surface area contributed by atoms with Crippen LogP contribution in [0, 0.1) is 13.8 Å². The highest BCUT2D eigenvalue weighted by Crippen LogP contribution is 2.25. The summed E-state index contributed by atoms with van der Waals surface area (Å²) < 4.78 is 26.5. The first kappa shape index (κ1) is 14.5. The molecule has 0 atom stereocenters. The molecule has 0 fully saturated rings. The number of imidazole rings is 1. The summed E-state index contributed by atoms with van der Waals surface area (Å²) in [5.74, 6) is 0.592. The third-order valence-corrected chi connectivity index (χ3v) is 5.09. The molecular formula is C13H18N4O2S. The number of aromatic amines is 1. The van der Waals surface area contributed by atoms with Crippen LogP contribution in [0.3, 0.4) is 0 Å². The van der Waals surface area contributed by atoms with Gasteiger partial charge in [0, 0.05) is 25.1 Å². The molecule has 20 heavy (non-hydrogen) atoms. The van der Waals surface area contributed by atoms with Gasteiger partial charge in [-0.25, -0.2) is 13.4 Å². The van der Waals surface area contributed by atoms with Gasteiger partial charge in [0.15, 0.2) is 0 Å². The molecule has 0 unspecified atom stereocenters. The van der Waals surface area contributed by atoms with E-state index in [1.165, 1.54) is 11.4 Å². The Morgan fingerprint density at radius 1 is 1.35 bits per heavy atom.